The minimum Gasteiger partial charge on any atom is -0.545 e. The van der Waals surface area contributed by atoms with Crippen molar-refractivity contribution < 1.29 is 19.5 Å². The Kier molecular flexibility index (Phi) is 7.43. The van der Waals surface area contributed by atoms with Gasteiger partial charge in [-0.15, -0.1) is 0 Å². The second kappa shape index (κ2) is 10.6. The largest absolute Gasteiger partial charge is 0.545 e. The molecule has 0 heterocycles. The highest BCUT2D eigenvalue weighted by molar-refractivity contribution is 6.05. The molecule has 2 aromatic carbocycles. The molecule has 2 aromatic rings. The second-order valence-electron chi connectivity index (χ2n) is 9.19. The highest BCUT2D eigenvalue weighted by atomic mass is 16.4. The van der Waals surface area contributed by atoms with Crippen LogP contribution in [0.5, 0.6) is 0 Å². The summed E-state index contributed by atoms with van der Waals surface area (Å²) in [5.41, 5.74) is 1.61. The van der Waals surface area contributed by atoms with E-state index in [0.717, 1.165) is 25.7 Å². The van der Waals surface area contributed by atoms with E-state index in [-0.39, 0.29) is 17.4 Å². The molecule has 0 atom stereocenters. The Bertz CT molecular complexity index is 954. The van der Waals surface area contributed by atoms with E-state index in [4.69, 9.17) is 0 Å². The number of hydrogen-bond acceptors (Lipinski definition) is 4. The number of amides is 2. The minimum absolute atomic E-state index is 0.0522. The first kappa shape index (κ1) is 23.0. The molecule has 174 valence electrons. The predicted octanol–water partition coefficient (Wildman–Crippen LogP) is 4.41. The molecule has 33 heavy (non-hydrogen) atoms. The lowest BCUT2D eigenvalue weighted by Crippen LogP contribution is -2.48. The standard InChI is InChI=1S/C27H32N2O4/c30-25(28-22-17-15-21(16-18-22)27(32)33)19-11-13-20(14-12-19)26(31)29(23-7-3-1-4-8-23)24-9-5-2-6-10-24/h11-18,23-24H,1-10H2,(H,28,30)(H,32,33)/p-1. The summed E-state index contributed by atoms with van der Waals surface area (Å²) in [5, 5.41) is 13.6. The molecule has 2 saturated carbocycles. The third kappa shape index (κ3) is 5.62. The molecule has 0 bridgehead atoms. The normalized spacial score (nSPS) is 17.3. The van der Waals surface area contributed by atoms with Gasteiger partial charge in [0, 0.05) is 28.9 Å². The van der Waals surface area contributed by atoms with Crippen molar-refractivity contribution in [2.24, 2.45) is 0 Å². The van der Waals surface area contributed by atoms with Gasteiger partial charge in [-0.2, -0.15) is 0 Å². The van der Waals surface area contributed by atoms with Crippen LogP contribution in [0.1, 0.15) is 95.3 Å². The molecule has 0 radical (unpaired) electrons. The van der Waals surface area contributed by atoms with E-state index in [2.05, 4.69) is 10.2 Å². The van der Waals surface area contributed by atoms with Gasteiger partial charge < -0.3 is 20.1 Å². The van der Waals surface area contributed by atoms with Crippen LogP contribution in [0.3, 0.4) is 0 Å². The number of carbonyl (C=O) groups excluding carboxylic acids is 3. The Balaban J connectivity index is 1.46. The van der Waals surface area contributed by atoms with Crippen molar-refractivity contribution in [3.63, 3.8) is 0 Å². The van der Waals surface area contributed by atoms with E-state index in [0.29, 0.717) is 28.9 Å². The number of carboxylic acid groups (broad SMARTS) is 1. The molecule has 6 heteroatoms. The van der Waals surface area contributed by atoms with E-state index in [1.807, 2.05) is 0 Å². The van der Waals surface area contributed by atoms with Gasteiger partial charge in [0.25, 0.3) is 11.8 Å². The zero-order chi connectivity index (χ0) is 23.2. The lowest BCUT2D eigenvalue weighted by atomic mass is 9.88. The number of hydrogen-bond donors (Lipinski definition) is 1. The summed E-state index contributed by atoms with van der Waals surface area (Å²) in [6.07, 6.45) is 11.6. The number of benzene rings is 2. The zero-order valence-corrected chi connectivity index (χ0v) is 18.9. The van der Waals surface area contributed by atoms with Gasteiger partial charge in [0.1, 0.15) is 0 Å². The molecule has 2 amide bonds. The van der Waals surface area contributed by atoms with Gasteiger partial charge in [-0.3, -0.25) is 9.59 Å². The molecule has 1 N–H and O–H groups in total. The van der Waals surface area contributed by atoms with E-state index >= 15 is 0 Å². The third-order valence-electron chi connectivity index (χ3n) is 6.94. The molecule has 0 spiro atoms. The van der Waals surface area contributed by atoms with Crippen molar-refractivity contribution in [1.82, 2.24) is 4.90 Å². The summed E-state index contributed by atoms with van der Waals surface area (Å²) < 4.78 is 0. The van der Waals surface area contributed by atoms with Crippen molar-refractivity contribution in [2.75, 3.05) is 5.32 Å². The maximum atomic E-state index is 13.6. The summed E-state index contributed by atoms with van der Waals surface area (Å²) in [7, 11) is 0. The Morgan fingerprint density at radius 1 is 0.667 bits per heavy atom. The van der Waals surface area contributed by atoms with Crippen LogP contribution in [0.25, 0.3) is 0 Å². The fraction of sp³-hybridized carbons (Fsp3) is 0.444. The third-order valence-corrected chi connectivity index (χ3v) is 6.94. The van der Waals surface area contributed by atoms with E-state index < -0.39 is 5.97 Å². The van der Waals surface area contributed by atoms with Gasteiger partial charge in [-0.05, 0) is 67.6 Å². The van der Waals surface area contributed by atoms with Gasteiger partial charge >= 0.3 is 0 Å². The predicted molar refractivity (Wildman–Crippen MR) is 125 cm³/mol. The number of carbonyl (C=O) groups is 3. The maximum absolute atomic E-state index is 13.6. The van der Waals surface area contributed by atoms with Crippen molar-refractivity contribution in [1.29, 1.82) is 0 Å². The zero-order valence-electron chi connectivity index (χ0n) is 18.9. The molecule has 6 nitrogen and oxygen atoms in total. The smallest absolute Gasteiger partial charge is 0.255 e. The molecule has 2 aliphatic carbocycles. The molecular formula is C27H31N2O4-. The van der Waals surface area contributed by atoms with Crippen molar-refractivity contribution in [2.45, 2.75) is 76.3 Å². The maximum Gasteiger partial charge on any atom is 0.255 e. The van der Waals surface area contributed by atoms with Crippen molar-refractivity contribution in [3.05, 3.63) is 65.2 Å². The summed E-state index contributed by atoms with van der Waals surface area (Å²) in [6.45, 7) is 0. The number of aromatic carboxylic acids is 1. The lowest BCUT2D eigenvalue weighted by Gasteiger charge is -2.42. The fourth-order valence-corrected chi connectivity index (χ4v) is 5.15. The van der Waals surface area contributed by atoms with Gasteiger partial charge in [-0.1, -0.05) is 50.7 Å². The molecule has 2 aliphatic rings. The molecule has 0 aliphatic heterocycles. The summed E-state index contributed by atoms with van der Waals surface area (Å²) in [6, 6.07) is 13.3. The van der Waals surface area contributed by atoms with Crippen LogP contribution >= 0.6 is 0 Å². The first-order chi connectivity index (χ1) is 16.0. The molecule has 0 aromatic heterocycles. The van der Waals surface area contributed by atoms with Crippen LogP contribution in [-0.2, 0) is 0 Å². The van der Waals surface area contributed by atoms with Crippen LogP contribution < -0.4 is 10.4 Å². The number of rotatable bonds is 6. The first-order valence-corrected chi connectivity index (χ1v) is 12.1. The Morgan fingerprint density at radius 3 is 1.61 bits per heavy atom. The minimum atomic E-state index is -1.26. The average Bonchev–Trinajstić information content (AvgIpc) is 2.86. The van der Waals surface area contributed by atoms with Gasteiger partial charge in [-0.25, -0.2) is 0 Å². The Hall–Kier alpha value is -3.15. The topological polar surface area (TPSA) is 89.5 Å². The van der Waals surface area contributed by atoms with Crippen molar-refractivity contribution >= 4 is 23.5 Å². The number of anilines is 1. The number of nitrogens with zero attached hydrogens (tertiary/aromatic N) is 1. The average molecular weight is 448 g/mol. The van der Waals surface area contributed by atoms with Gasteiger partial charge in [0.15, 0.2) is 0 Å². The van der Waals surface area contributed by atoms with Crippen LogP contribution in [-0.4, -0.2) is 34.8 Å². The monoisotopic (exact) mass is 447 g/mol. The van der Waals surface area contributed by atoms with E-state index in [1.54, 1.807) is 24.3 Å². The quantitative estimate of drug-likeness (QED) is 0.710. The van der Waals surface area contributed by atoms with Crippen LogP contribution in [0.15, 0.2) is 48.5 Å². The molecule has 0 saturated heterocycles. The number of nitrogens with one attached hydrogen (secondary N) is 1. The number of carboxylic acids is 1. The molecular weight excluding hydrogens is 416 g/mol. The van der Waals surface area contributed by atoms with Crippen LogP contribution in [0.4, 0.5) is 5.69 Å². The summed E-state index contributed by atoms with van der Waals surface area (Å²) in [5.74, 6) is -1.49. The SMILES string of the molecule is O=C([O-])c1ccc(NC(=O)c2ccc(C(=O)N(C3CCCCC3)C3CCCCC3)cc2)cc1. The van der Waals surface area contributed by atoms with Crippen LogP contribution in [0.2, 0.25) is 0 Å². The second-order valence-corrected chi connectivity index (χ2v) is 9.19. The van der Waals surface area contributed by atoms with E-state index in [1.165, 1.54) is 62.8 Å². The fourth-order valence-electron chi connectivity index (χ4n) is 5.15. The first-order valence-electron chi connectivity index (χ1n) is 12.1. The molecule has 4 rings (SSSR count). The molecule has 0 unspecified atom stereocenters. The molecule has 2 fully saturated rings. The highest BCUT2D eigenvalue weighted by Gasteiger charge is 2.33. The Labute approximate surface area is 195 Å². The van der Waals surface area contributed by atoms with Gasteiger partial charge in [0.05, 0.1) is 5.97 Å². The summed E-state index contributed by atoms with van der Waals surface area (Å²) >= 11 is 0. The Morgan fingerprint density at radius 2 is 1.12 bits per heavy atom. The van der Waals surface area contributed by atoms with Crippen LogP contribution in [0, 0.1) is 0 Å². The van der Waals surface area contributed by atoms with E-state index in [9.17, 15) is 19.5 Å². The van der Waals surface area contributed by atoms with Crippen molar-refractivity contribution in [3.8, 4) is 0 Å². The summed E-state index contributed by atoms with van der Waals surface area (Å²) in [4.78, 5) is 39.2. The lowest BCUT2D eigenvalue weighted by molar-refractivity contribution is -0.255. The van der Waals surface area contributed by atoms with Gasteiger partial charge in [0.2, 0.25) is 0 Å². The highest BCUT2D eigenvalue weighted by Crippen LogP contribution is 2.31.